The van der Waals surface area contributed by atoms with Gasteiger partial charge in [-0.1, -0.05) is 6.07 Å². The van der Waals surface area contributed by atoms with Crippen LogP contribution in [0.25, 0.3) is 0 Å². The van der Waals surface area contributed by atoms with Crippen LogP contribution in [-0.4, -0.2) is 37.5 Å². The second-order valence-electron chi connectivity index (χ2n) is 5.55. The van der Waals surface area contributed by atoms with E-state index in [-0.39, 0.29) is 5.91 Å². The molecule has 1 amide bonds. The maximum atomic E-state index is 11.1. The molecule has 1 fully saturated rings. The fourth-order valence-electron chi connectivity index (χ4n) is 2.65. The molecule has 104 valence electrons. The predicted octanol–water partition coefficient (Wildman–Crippen LogP) is 1.14. The Kier molecular flexibility index (Phi) is 4.56. The average molecular weight is 261 g/mol. The molecule has 0 radical (unpaired) electrons. The van der Waals surface area contributed by atoms with Gasteiger partial charge in [0, 0.05) is 18.7 Å². The highest BCUT2D eigenvalue weighted by atomic mass is 16.1. The van der Waals surface area contributed by atoms with E-state index >= 15 is 0 Å². The van der Waals surface area contributed by atoms with Gasteiger partial charge in [-0.25, -0.2) is 0 Å². The van der Waals surface area contributed by atoms with E-state index in [0.717, 1.165) is 24.6 Å². The summed E-state index contributed by atoms with van der Waals surface area (Å²) in [5.74, 6) is 0.395. The van der Waals surface area contributed by atoms with Crippen LogP contribution in [0.15, 0.2) is 18.2 Å². The summed E-state index contributed by atoms with van der Waals surface area (Å²) in [5, 5.41) is 3.51. The first-order valence-electron chi connectivity index (χ1n) is 6.85. The molecule has 1 aromatic rings. The van der Waals surface area contributed by atoms with Crippen LogP contribution in [0, 0.1) is 12.8 Å². The van der Waals surface area contributed by atoms with Crippen LogP contribution in [0.3, 0.4) is 0 Å². The Morgan fingerprint density at radius 1 is 1.53 bits per heavy atom. The molecule has 4 heteroatoms. The Balaban J connectivity index is 1.84. The van der Waals surface area contributed by atoms with Crippen LogP contribution < -0.4 is 11.1 Å². The highest BCUT2D eigenvalue weighted by Crippen LogP contribution is 2.14. The largest absolute Gasteiger partial charge is 0.366 e. The number of amides is 1. The van der Waals surface area contributed by atoms with Crippen molar-refractivity contribution in [2.75, 3.05) is 26.7 Å². The van der Waals surface area contributed by atoms with Gasteiger partial charge in [-0.3, -0.25) is 4.79 Å². The first-order chi connectivity index (χ1) is 9.06. The van der Waals surface area contributed by atoms with Crippen molar-refractivity contribution in [3.8, 4) is 0 Å². The molecule has 0 aliphatic carbocycles. The molecule has 4 nitrogen and oxygen atoms in total. The minimum Gasteiger partial charge on any atom is -0.366 e. The molecule has 0 aromatic heterocycles. The molecular formula is C15H23N3O. The van der Waals surface area contributed by atoms with Gasteiger partial charge in [-0.15, -0.1) is 0 Å². The van der Waals surface area contributed by atoms with E-state index in [9.17, 15) is 4.79 Å². The molecule has 3 N–H and O–H groups in total. The second kappa shape index (κ2) is 6.17. The molecule has 2 rings (SSSR count). The Hall–Kier alpha value is -1.39. The summed E-state index contributed by atoms with van der Waals surface area (Å²) in [6, 6.07) is 5.65. The van der Waals surface area contributed by atoms with E-state index in [4.69, 9.17) is 5.73 Å². The summed E-state index contributed by atoms with van der Waals surface area (Å²) < 4.78 is 0. The van der Waals surface area contributed by atoms with Crippen molar-refractivity contribution in [1.29, 1.82) is 0 Å². The number of likely N-dealkylation sites (tertiary alicyclic amines) is 1. The van der Waals surface area contributed by atoms with Crippen molar-refractivity contribution in [3.63, 3.8) is 0 Å². The maximum absolute atomic E-state index is 11.1. The fourth-order valence-corrected chi connectivity index (χ4v) is 2.65. The van der Waals surface area contributed by atoms with Crippen LogP contribution in [0.5, 0.6) is 0 Å². The SMILES string of the molecule is Cc1cc(C(N)=O)ccc1CNCC1CCN(C)C1. The summed E-state index contributed by atoms with van der Waals surface area (Å²) in [7, 11) is 2.17. The molecular weight excluding hydrogens is 238 g/mol. The number of rotatable bonds is 5. The van der Waals surface area contributed by atoms with E-state index in [2.05, 4.69) is 17.3 Å². The normalized spacial score (nSPS) is 19.8. The van der Waals surface area contributed by atoms with Crippen molar-refractivity contribution < 1.29 is 4.79 Å². The number of nitrogens with two attached hydrogens (primary N) is 1. The molecule has 1 unspecified atom stereocenters. The fraction of sp³-hybridized carbons (Fsp3) is 0.533. The van der Waals surface area contributed by atoms with E-state index in [0.29, 0.717) is 5.56 Å². The van der Waals surface area contributed by atoms with E-state index in [1.54, 1.807) is 6.07 Å². The van der Waals surface area contributed by atoms with E-state index < -0.39 is 0 Å². The van der Waals surface area contributed by atoms with Crippen molar-refractivity contribution in [3.05, 3.63) is 34.9 Å². The van der Waals surface area contributed by atoms with Gasteiger partial charge in [-0.05, 0) is 62.7 Å². The van der Waals surface area contributed by atoms with Gasteiger partial charge in [0.25, 0.3) is 0 Å². The quantitative estimate of drug-likeness (QED) is 0.835. The Morgan fingerprint density at radius 3 is 2.89 bits per heavy atom. The lowest BCUT2D eigenvalue weighted by atomic mass is 10.0. The Morgan fingerprint density at radius 2 is 2.32 bits per heavy atom. The van der Waals surface area contributed by atoms with Gasteiger partial charge in [0.05, 0.1) is 0 Å². The molecule has 1 heterocycles. The Labute approximate surface area is 115 Å². The average Bonchev–Trinajstić information content (AvgIpc) is 2.77. The van der Waals surface area contributed by atoms with E-state index in [1.807, 2.05) is 19.1 Å². The zero-order valence-electron chi connectivity index (χ0n) is 11.8. The second-order valence-corrected chi connectivity index (χ2v) is 5.55. The standard InChI is InChI=1S/C15H23N3O/c1-11-7-13(15(16)19)3-4-14(11)9-17-8-12-5-6-18(2)10-12/h3-4,7,12,17H,5-6,8-10H2,1-2H3,(H2,16,19). The third kappa shape index (κ3) is 3.78. The number of primary amides is 1. The molecule has 19 heavy (non-hydrogen) atoms. The zero-order chi connectivity index (χ0) is 13.8. The van der Waals surface area contributed by atoms with E-state index in [1.165, 1.54) is 25.1 Å². The van der Waals surface area contributed by atoms with Gasteiger partial charge in [-0.2, -0.15) is 0 Å². The third-order valence-electron chi connectivity index (χ3n) is 3.86. The van der Waals surface area contributed by atoms with Crippen LogP contribution in [-0.2, 0) is 6.54 Å². The highest BCUT2D eigenvalue weighted by Gasteiger charge is 2.18. The molecule has 1 saturated heterocycles. The summed E-state index contributed by atoms with van der Waals surface area (Å²) in [6.07, 6.45) is 1.28. The smallest absolute Gasteiger partial charge is 0.248 e. The Bertz CT molecular complexity index is 459. The van der Waals surface area contributed by atoms with Gasteiger partial charge in [0.2, 0.25) is 5.91 Å². The molecule has 1 atom stereocenters. The number of hydrogen-bond donors (Lipinski definition) is 2. The molecule has 1 aromatic carbocycles. The summed E-state index contributed by atoms with van der Waals surface area (Å²) >= 11 is 0. The van der Waals surface area contributed by atoms with Gasteiger partial charge in [0.1, 0.15) is 0 Å². The molecule has 0 bridgehead atoms. The van der Waals surface area contributed by atoms with Crippen LogP contribution in [0.4, 0.5) is 0 Å². The number of carbonyl (C=O) groups is 1. The number of carbonyl (C=O) groups excluding carboxylic acids is 1. The van der Waals surface area contributed by atoms with Crippen molar-refractivity contribution in [1.82, 2.24) is 10.2 Å². The maximum Gasteiger partial charge on any atom is 0.248 e. The summed E-state index contributed by atoms with van der Waals surface area (Å²) in [5.41, 5.74) is 8.20. The number of nitrogens with one attached hydrogen (secondary N) is 1. The van der Waals surface area contributed by atoms with Crippen molar-refractivity contribution in [2.24, 2.45) is 11.7 Å². The number of benzene rings is 1. The van der Waals surface area contributed by atoms with Gasteiger partial charge >= 0.3 is 0 Å². The summed E-state index contributed by atoms with van der Waals surface area (Å²) in [6.45, 7) is 6.32. The third-order valence-corrected chi connectivity index (χ3v) is 3.86. The van der Waals surface area contributed by atoms with Crippen LogP contribution in [0.2, 0.25) is 0 Å². The van der Waals surface area contributed by atoms with Crippen molar-refractivity contribution in [2.45, 2.75) is 19.9 Å². The highest BCUT2D eigenvalue weighted by molar-refractivity contribution is 5.93. The zero-order valence-corrected chi connectivity index (χ0v) is 11.8. The van der Waals surface area contributed by atoms with Gasteiger partial charge < -0.3 is 16.0 Å². The summed E-state index contributed by atoms with van der Waals surface area (Å²) in [4.78, 5) is 13.5. The first-order valence-corrected chi connectivity index (χ1v) is 6.85. The molecule has 0 saturated carbocycles. The number of hydrogen-bond acceptors (Lipinski definition) is 3. The minimum absolute atomic E-state index is 0.364. The lowest BCUT2D eigenvalue weighted by molar-refractivity contribution is 0.1000. The number of nitrogens with zero attached hydrogens (tertiary/aromatic N) is 1. The van der Waals surface area contributed by atoms with Gasteiger partial charge in [0.15, 0.2) is 0 Å². The lowest BCUT2D eigenvalue weighted by Gasteiger charge is -2.13. The minimum atomic E-state index is -0.364. The molecule has 1 aliphatic heterocycles. The topological polar surface area (TPSA) is 58.4 Å². The predicted molar refractivity (Wildman–Crippen MR) is 77.0 cm³/mol. The molecule has 1 aliphatic rings. The van der Waals surface area contributed by atoms with Crippen LogP contribution >= 0.6 is 0 Å². The van der Waals surface area contributed by atoms with Crippen molar-refractivity contribution >= 4 is 5.91 Å². The van der Waals surface area contributed by atoms with Crippen LogP contribution in [0.1, 0.15) is 27.9 Å². The first kappa shape index (κ1) is 14.0. The number of aryl methyl sites for hydroxylation is 1. The molecule has 0 spiro atoms. The monoisotopic (exact) mass is 261 g/mol. The lowest BCUT2D eigenvalue weighted by Crippen LogP contribution is -2.25.